The molecule has 2 amide bonds. The van der Waals surface area contributed by atoms with Gasteiger partial charge in [-0.2, -0.15) is 0 Å². The van der Waals surface area contributed by atoms with Gasteiger partial charge in [0.2, 0.25) is 5.13 Å². The number of anilines is 1. The lowest BCUT2D eigenvalue weighted by Crippen LogP contribution is -2.46. The van der Waals surface area contributed by atoms with Crippen LogP contribution in [-0.4, -0.2) is 41.1 Å². The Kier molecular flexibility index (Phi) is 6.35. The van der Waals surface area contributed by atoms with Gasteiger partial charge in [0.15, 0.2) is 4.34 Å². The van der Waals surface area contributed by atoms with Gasteiger partial charge in [0.25, 0.3) is 0 Å². The highest BCUT2D eigenvalue weighted by Gasteiger charge is 2.35. The maximum Gasteiger partial charge on any atom is 0.338 e. The maximum atomic E-state index is 12.6. The Balaban J connectivity index is 1.86. The van der Waals surface area contributed by atoms with E-state index in [-0.39, 0.29) is 6.61 Å². The van der Waals surface area contributed by atoms with Gasteiger partial charge >= 0.3 is 12.0 Å². The van der Waals surface area contributed by atoms with Crippen molar-refractivity contribution in [1.82, 2.24) is 20.8 Å². The molecule has 1 unspecified atom stereocenters. The number of aromatic nitrogens is 2. The standard InChI is InChI=1S/C16H19N5O4S2/c1-3-17-15-20-21-16(27-15)26-8-9-11(13(22)24-4-2)12(19-14(23)18-9)10-6-5-7-25-10/h5-7,12H,3-4,8H2,1-2H3,(H,17,20)(H2,18,19,23). The molecule has 3 rings (SSSR count). The van der Waals surface area contributed by atoms with E-state index in [4.69, 9.17) is 9.15 Å². The molecule has 3 heterocycles. The van der Waals surface area contributed by atoms with E-state index in [1.165, 1.54) is 29.4 Å². The van der Waals surface area contributed by atoms with Crippen LogP contribution in [0.15, 0.2) is 38.4 Å². The summed E-state index contributed by atoms with van der Waals surface area (Å²) in [6.45, 7) is 4.69. The smallest absolute Gasteiger partial charge is 0.338 e. The summed E-state index contributed by atoms with van der Waals surface area (Å²) in [6, 6.07) is 2.28. The predicted octanol–water partition coefficient (Wildman–Crippen LogP) is 2.53. The van der Waals surface area contributed by atoms with Crippen molar-refractivity contribution in [1.29, 1.82) is 0 Å². The van der Waals surface area contributed by atoms with Gasteiger partial charge in [-0.05, 0) is 26.0 Å². The van der Waals surface area contributed by atoms with E-state index in [2.05, 4.69) is 26.1 Å². The summed E-state index contributed by atoms with van der Waals surface area (Å²) in [4.78, 5) is 24.7. The van der Waals surface area contributed by atoms with Crippen molar-refractivity contribution in [2.45, 2.75) is 24.2 Å². The van der Waals surface area contributed by atoms with Gasteiger partial charge in [-0.1, -0.05) is 23.1 Å². The first-order valence-corrected chi connectivity index (χ1v) is 10.1. The number of urea groups is 1. The molecule has 0 fully saturated rings. The number of nitrogens with zero attached hydrogens (tertiary/aromatic N) is 2. The van der Waals surface area contributed by atoms with Crippen LogP contribution in [0.4, 0.5) is 9.93 Å². The zero-order valence-electron chi connectivity index (χ0n) is 14.8. The molecule has 0 bridgehead atoms. The van der Waals surface area contributed by atoms with Gasteiger partial charge in [-0.15, -0.1) is 10.2 Å². The Bertz CT molecular complexity index is 834. The first-order chi connectivity index (χ1) is 13.1. The molecule has 0 saturated carbocycles. The van der Waals surface area contributed by atoms with Crippen molar-refractivity contribution >= 4 is 40.2 Å². The van der Waals surface area contributed by atoms with Crippen molar-refractivity contribution in [3.05, 3.63) is 35.4 Å². The number of carbonyl (C=O) groups is 2. The van der Waals surface area contributed by atoms with Crippen LogP contribution in [0.3, 0.4) is 0 Å². The highest BCUT2D eigenvalue weighted by atomic mass is 32.2. The zero-order valence-corrected chi connectivity index (χ0v) is 16.4. The predicted molar refractivity (Wildman–Crippen MR) is 102 cm³/mol. The van der Waals surface area contributed by atoms with E-state index in [1.54, 1.807) is 19.1 Å². The topological polar surface area (TPSA) is 118 Å². The minimum absolute atomic E-state index is 0.226. The average molecular weight is 409 g/mol. The van der Waals surface area contributed by atoms with Crippen molar-refractivity contribution in [2.24, 2.45) is 0 Å². The SMILES string of the molecule is CCNc1nnc(SCC2=C(C(=O)OCC)C(c3ccco3)NC(=O)N2)s1. The zero-order chi connectivity index (χ0) is 19.2. The Morgan fingerprint density at radius 1 is 1.44 bits per heavy atom. The molecule has 1 aliphatic rings. The number of ether oxygens (including phenoxy) is 1. The van der Waals surface area contributed by atoms with Crippen LogP contribution in [0.25, 0.3) is 0 Å². The molecule has 1 atom stereocenters. The van der Waals surface area contributed by atoms with Crippen molar-refractivity contribution in [3.8, 4) is 0 Å². The summed E-state index contributed by atoms with van der Waals surface area (Å²) in [7, 11) is 0. The van der Waals surface area contributed by atoms with Gasteiger partial charge in [-0.25, -0.2) is 9.59 Å². The first-order valence-electron chi connectivity index (χ1n) is 8.33. The van der Waals surface area contributed by atoms with Gasteiger partial charge in [0.1, 0.15) is 11.8 Å². The van der Waals surface area contributed by atoms with Crippen LogP contribution in [0, 0.1) is 0 Å². The maximum absolute atomic E-state index is 12.6. The van der Waals surface area contributed by atoms with E-state index in [0.717, 1.165) is 16.0 Å². The van der Waals surface area contributed by atoms with Crippen molar-refractivity contribution < 1.29 is 18.7 Å². The van der Waals surface area contributed by atoms with Crippen LogP contribution >= 0.6 is 23.1 Å². The largest absolute Gasteiger partial charge is 0.467 e. The van der Waals surface area contributed by atoms with Crippen LogP contribution < -0.4 is 16.0 Å². The first kappa shape index (κ1) is 19.2. The molecule has 0 aliphatic carbocycles. The number of nitrogens with one attached hydrogen (secondary N) is 3. The minimum Gasteiger partial charge on any atom is -0.467 e. The number of thioether (sulfide) groups is 1. The molecular formula is C16H19N5O4S2. The molecule has 144 valence electrons. The summed E-state index contributed by atoms with van der Waals surface area (Å²) in [6.07, 6.45) is 1.49. The second-order valence-electron chi connectivity index (χ2n) is 5.35. The fraction of sp³-hybridized carbons (Fsp3) is 0.375. The van der Waals surface area contributed by atoms with Crippen molar-refractivity contribution in [2.75, 3.05) is 24.2 Å². The molecule has 0 aromatic carbocycles. The van der Waals surface area contributed by atoms with E-state index >= 15 is 0 Å². The second kappa shape index (κ2) is 8.91. The normalized spacial score (nSPS) is 16.7. The molecule has 9 nitrogen and oxygen atoms in total. The summed E-state index contributed by atoms with van der Waals surface area (Å²) in [5.41, 5.74) is 0.777. The Labute approximate surface area is 163 Å². The highest BCUT2D eigenvalue weighted by Crippen LogP contribution is 2.32. The third kappa shape index (κ3) is 4.61. The molecule has 0 radical (unpaired) electrons. The lowest BCUT2D eigenvalue weighted by Gasteiger charge is -2.27. The monoisotopic (exact) mass is 409 g/mol. The van der Waals surface area contributed by atoms with Gasteiger partial charge in [0.05, 0.1) is 18.4 Å². The molecule has 2 aromatic heterocycles. The summed E-state index contributed by atoms with van der Waals surface area (Å²) in [5, 5.41) is 17.4. The van der Waals surface area contributed by atoms with E-state index in [1.807, 2.05) is 6.92 Å². The summed E-state index contributed by atoms with van der Waals surface area (Å²) >= 11 is 2.79. The number of amides is 2. The second-order valence-corrected chi connectivity index (χ2v) is 7.55. The lowest BCUT2D eigenvalue weighted by atomic mass is 10.0. The van der Waals surface area contributed by atoms with Crippen LogP contribution in [0.1, 0.15) is 25.6 Å². The number of rotatable bonds is 8. The minimum atomic E-state index is -0.713. The van der Waals surface area contributed by atoms with Crippen molar-refractivity contribution in [3.63, 3.8) is 0 Å². The Hall–Kier alpha value is -2.53. The number of hydrogen-bond acceptors (Lipinski definition) is 9. The molecule has 3 N–H and O–H groups in total. The fourth-order valence-corrected chi connectivity index (χ4v) is 4.26. The summed E-state index contributed by atoms with van der Waals surface area (Å²) in [5.74, 6) is 0.285. The molecule has 11 heteroatoms. The third-order valence-corrected chi connectivity index (χ3v) is 5.59. The molecule has 27 heavy (non-hydrogen) atoms. The number of hydrogen-bond donors (Lipinski definition) is 3. The van der Waals surface area contributed by atoms with Crippen LogP contribution in [0.5, 0.6) is 0 Å². The Morgan fingerprint density at radius 3 is 3.00 bits per heavy atom. The van der Waals surface area contributed by atoms with Gasteiger partial charge in [0, 0.05) is 18.0 Å². The molecule has 1 aliphatic heterocycles. The average Bonchev–Trinajstić information content (AvgIpc) is 3.32. The lowest BCUT2D eigenvalue weighted by molar-refractivity contribution is -0.139. The number of furan rings is 1. The molecule has 0 saturated heterocycles. The molecular weight excluding hydrogens is 390 g/mol. The van der Waals surface area contributed by atoms with Gasteiger partial charge in [-0.3, -0.25) is 0 Å². The quantitative estimate of drug-likeness (QED) is 0.450. The van der Waals surface area contributed by atoms with Crippen LogP contribution in [0.2, 0.25) is 0 Å². The van der Waals surface area contributed by atoms with Gasteiger partial charge < -0.3 is 25.1 Å². The Morgan fingerprint density at radius 2 is 2.30 bits per heavy atom. The third-order valence-electron chi connectivity index (χ3n) is 3.55. The molecule has 2 aromatic rings. The number of esters is 1. The van der Waals surface area contributed by atoms with E-state index in [9.17, 15) is 9.59 Å². The van der Waals surface area contributed by atoms with E-state index in [0.29, 0.717) is 22.8 Å². The molecule has 0 spiro atoms. The number of carbonyl (C=O) groups excluding carboxylic acids is 2. The fourth-order valence-electron chi connectivity index (χ4n) is 2.48. The van der Waals surface area contributed by atoms with Crippen LogP contribution in [-0.2, 0) is 9.53 Å². The highest BCUT2D eigenvalue weighted by molar-refractivity contribution is 8.01. The van der Waals surface area contributed by atoms with E-state index < -0.39 is 18.0 Å². The summed E-state index contributed by atoms with van der Waals surface area (Å²) < 4.78 is 11.3.